The molecule has 0 unspecified atom stereocenters. The Labute approximate surface area is 78.1 Å². The fourth-order valence-electron chi connectivity index (χ4n) is 1.43. The first-order chi connectivity index (χ1) is 6.21. The Morgan fingerprint density at radius 2 is 1.54 bits per heavy atom. The Kier molecular flexibility index (Phi) is 4.59. The number of rotatable bonds is 0. The quantitative estimate of drug-likeness (QED) is 0.606. The Morgan fingerprint density at radius 1 is 0.846 bits per heavy atom. The Hall–Kier alpha value is -0.220. The lowest BCUT2D eigenvalue weighted by Crippen LogP contribution is -2.21. The fraction of sp³-hybridized carbons (Fsp3) is 1.00. The zero-order valence-corrected chi connectivity index (χ0v) is 7.91. The van der Waals surface area contributed by atoms with Gasteiger partial charge in [-0.25, -0.2) is 8.78 Å². The Balaban J connectivity index is 0.000000132. The van der Waals surface area contributed by atoms with E-state index in [2.05, 4.69) is 10.6 Å². The van der Waals surface area contributed by atoms with Crippen LogP contribution in [-0.2, 0) is 0 Å². The normalized spacial score (nSPS) is 26.3. The SMILES string of the molecule is C1CCNCC1.FC1(F)CCNC1. The number of alkyl halides is 2. The van der Waals surface area contributed by atoms with E-state index in [9.17, 15) is 8.78 Å². The second-order valence-electron chi connectivity index (χ2n) is 3.59. The second kappa shape index (κ2) is 5.50. The second-order valence-corrected chi connectivity index (χ2v) is 3.59. The van der Waals surface area contributed by atoms with E-state index in [-0.39, 0.29) is 13.0 Å². The summed E-state index contributed by atoms with van der Waals surface area (Å²) >= 11 is 0. The molecule has 0 spiro atoms. The minimum absolute atomic E-state index is 0.00694. The van der Waals surface area contributed by atoms with Crippen molar-refractivity contribution in [3.05, 3.63) is 0 Å². The molecule has 2 rings (SSSR count). The number of hydrogen-bond acceptors (Lipinski definition) is 2. The van der Waals surface area contributed by atoms with Crippen LogP contribution in [-0.4, -0.2) is 32.1 Å². The summed E-state index contributed by atoms with van der Waals surface area (Å²) in [6, 6.07) is 0. The van der Waals surface area contributed by atoms with Gasteiger partial charge in [-0.15, -0.1) is 0 Å². The van der Waals surface area contributed by atoms with E-state index in [0.717, 1.165) is 0 Å². The van der Waals surface area contributed by atoms with Crippen LogP contribution in [0.3, 0.4) is 0 Å². The first kappa shape index (κ1) is 10.9. The zero-order chi connectivity index (χ0) is 9.57. The van der Waals surface area contributed by atoms with Crippen LogP contribution < -0.4 is 10.6 Å². The van der Waals surface area contributed by atoms with Crippen LogP contribution in [0, 0.1) is 0 Å². The highest BCUT2D eigenvalue weighted by Crippen LogP contribution is 2.19. The summed E-state index contributed by atoms with van der Waals surface area (Å²) < 4.78 is 23.8. The molecule has 2 heterocycles. The Bertz CT molecular complexity index is 116. The molecular formula is C9H18F2N2. The molecule has 2 N–H and O–H groups in total. The molecule has 2 fully saturated rings. The van der Waals surface area contributed by atoms with Crippen molar-refractivity contribution in [3.8, 4) is 0 Å². The Morgan fingerprint density at radius 3 is 1.69 bits per heavy atom. The van der Waals surface area contributed by atoms with Gasteiger partial charge in [-0.05, 0) is 25.9 Å². The van der Waals surface area contributed by atoms with Gasteiger partial charge in [0.2, 0.25) is 0 Å². The maximum absolute atomic E-state index is 11.9. The third-order valence-electron chi connectivity index (χ3n) is 2.26. The van der Waals surface area contributed by atoms with Crippen molar-refractivity contribution >= 4 is 0 Å². The molecule has 0 aromatic carbocycles. The lowest BCUT2D eigenvalue weighted by atomic mass is 10.2. The first-order valence-corrected chi connectivity index (χ1v) is 5.00. The maximum Gasteiger partial charge on any atom is 0.261 e. The predicted octanol–water partition coefficient (Wildman–Crippen LogP) is 1.37. The van der Waals surface area contributed by atoms with Gasteiger partial charge in [-0.3, -0.25) is 0 Å². The number of hydrogen-bond donors (Lipinski definition) is 2. The van der Waals surface area contributed by atoms with Crippen molar-refractivity contribution in [1.29, 1.82) is 0 Å². The van der Waals surface area contributed by atoms with Gasteiger partial charge in [0.05, 0.1) is 6.54 Å². The van der Waals surface area contributed by atoms with Crippen LogP contribution in [0.2, 0.25) is 0 Å². The molecule has 0 radical (unpaired) electrons. The molecule has 0 saturated carbocycles. The van der Waals surface area contributed by atoms with E-state index in [0.29, 0.717) is 6.54 Å². The third-order valence-corrected chi connectivity index (χ3v) is 2.26. The number of nitrogens with one attached hydrogen (secondary N) is 2. The summed E-state index contributed by atoms with van der Waals surface area (Å²) in [5.74, 6) is -2.42. The summed E-state index contributed by atoms with van der Waals surface area (Å²) in [6.45, 7) is 2.83. The van der Waals surface area contributed by atoms with E-state index in [4.69, 9.17) is 0 Å². The van der Waals surface area contributed by atoms with E-state index >= 15 is 0 Å². The molecule has 78 valence electrons. The lowest BCUT2D eigenvalue weighted by Gasteiger charge is -2.08. The number of piperidine rings is 1. The largest absolute Gasteiger partial charge is 0.317 e. The molecule has 0 aliphatic carbocycles. The van der Waals surface area contributed by atoms with Crippen LogP contribution in [0.15, 0.2) is 0 Å². The molecule has 0 amide bonds. The third kappa shape index (κ3) is 5.16. The van der Waals surface area contributed by atoms with Gasteiger partial charge >= 0.3 is 0 Å². The molecular weight excluding hydrogens is 174 g/mol. The molecule has 2 nitrogen and oxygen atoms in total. The zero-order valence-electron chi connectivity index (χ0n) is 7.91. The minimum Gasteiger partial charge on any atom is -0.317 e. The van der Waals surface area contributed by atoms with Crippen molar-refractivity contribution in [2.24, 2.45) is 0 Å². The molecule has 2 aliphatic heterocycles. The predicted molar refractivity (Wildman–Crippen MR) is 49.2 cm³/mol. The molecule has 2 saturated heterocycles. The monoisotopic (exact) mass is 192 g/mol. The summed E-state index contributed by atoms with van der Waals surface area (Å²) in [4.78, 5) is 0. The van der Waals surface area contributed by atoms with Gasteiger partial charge < -0.3 is 10.6 Å². The van der Waals surface area contributed by atoms with E-state index in [1.807, 2.05) is 0 Å². The van der Waals surface area contributed by atoms with Gasteiger partial charge in [-0.2, -0.15) is 0 Å². The summed E-state index contributed by atoms with van der Waals surface area (Å²) in [7, 11) is 0. The molecule has 0 bridgehead atoms. The van der Waals surface area contributed by atoms with Crippen LogP contribution in [0.5, 0.6) is 0 Å². The van der Waals surface area contributed by atoms with Crippen molar-refractivity contribution in [2.45, 2.75) is 31.6 Å². The first-order valence-electron chi connectivity index (χ1n) is 5.00. The van der Waals surface area contributed by atoms with Gasteiger partial charge in [0.1, 0.15) is 0 Å². The van der Waals surface area contributed by atoms with Crippen molar-refractivity contribution in [3.63, 3.8) is 0 Å². The summed E-state index contributed by atoms with van der Waals surface area (Å²) in [5.41, 5.74) is 0. The maximum atomic E-state index is 11.9. The molecule has 2 aliphatic rings. The van der Waals surface area contributed by atoms with E-state index in [1.54, 1.807) is 0 Å². The van der Waals surface area contributed by atoms with Crippen molar-refractivity contribution in [2.75, 3.05) is 26.2 Å². The van der Waals surface area contributed by atoms with Crippen LogP contribution in [0.1, 0.15) is 25.7 Å². The molecule has 4 heteroatoms. The minimum atomic E-state index is -2.42. The topological polar surface area (TPSA) is 24.1 Å². The highest BCUT2D eigenvalue weighted by molar-refractivity contribution is 4.77. The number of halogens is 2. The molecule has 0 atom stereocenters. The highest BCUT2D eigenvalue weighted by Gasteiger charge is 2.32. The summed E-state index contributed by atoms with van der Waals surface area (Å²) in [6.07, 6.45) is 4.22. The van der Waals surface area contributed by atoms with Crippen LogP contribution >= 0.6 is 0 Å². The molecule has 0 aromatic heterocycles. The lowest BCUT2D eigenvalue weighted by molar-refractivity contribution is 0.0238. The van der Waals surface area contributed by atoms with Gasteiger partial charge in [0.15, 0.2) is 0 Å². The van der Waals surface area contributed by atoms with Crippen molar-refractivity contribution < 1.29 is 8.78 Å². The van der Waals surface area contributed by atoms with Gasteiger partial charge in [0, 0.05) is 13.0 Å². The average molecular weight is 192 g/mol. The summed E-state index contributed by atoms with van der Waals surface area (Å²) in [5, 5.41) is 5.85. The van der Waals surface area contributed by atoms with Crippen molar-refractivity contribution in [1.82, 2.24) is 10.6 Å². The smallest absolute Gasteiger partial charge is 0.261 e. The fourth-order valence-corrected chi connectivity index (χ4v) is 1.43. The molecule has 0 aromatic rings. The molecule has 13 heavy (non-hydrogen) atoms. The highest BCUT2D eigenvalue weighted by atomic mass is 19.3. The van der Waals surface area contributed by atoms with Gasteiger partial charge in [-0.1, -0.05) is 6.42 Å². The van der Waals surface area contributed by atoms with E-state index < -0.39 is 5.92 Å². The van der Waals surface area contributed by atoms with Crippen LogP contribution in [0.25, 0.3) is 0 Å². The average Bonchev–Trinajstić information content (AvgIpc) is 2.54. The van der Waals surface area contributed by atoms with E-state index in [1.165, 1.54) is 32.4 Å². The van der Waals surface area contributed by atoms with Crippen LogP contribution in [0.4, 0.5) is 8.78 Å². The van der Waals surface area contributed by atoms with Gasteiger partial charge in [0.25, 0.3) is 5.92 Å². The standard InChI is InChI=1S/C5H11N.C4H7F2N/c1-2-4-6-5-3-1;5-4(6)1-2-7-3-4/h6H,1-5H2;7H,1-3H2.